The van der Waals surface area contributed by atoms with Gasteiger partial charge in [-0.3, -0.25) is 11.3 Å². The molecule has 2 aromatic rings. The van der Waals surface area contributed by atoms with E-state index in [1.165, 1.54) is 6.07 Å². The Labute approximate surface area is 124 Å². The maximum absolute atomic E-state index is 13.3. The number of methoxy groups -OCH3 is 1. The SMILES string of the molecule is COc1ccc(CC(Cc2cc(F)ccc2C)NN)cn1. The summed E-state index contributed by atoms with van der Waals surface area (Å²) in [7, 11) is 1.58. The van der Waals surface area contributed by atoms with Crippen LogP contribution in [0.15, 0.2) is 36.5 Å². The zero-order valence-electron chi connectivity index (χ0n) is 12.3. The Bertz CT molecular complexity index is 587. The third-order valence-corrected chi connectivity index (χ3v) is 3.50. The summed E-state index contributed by atoms with van der Waals surface area (Å²) in [6.45, 7) is 1.97. The van der Waals surface area contributed by atoms with Crippen LogP contribution in [0.2, 0.25) is 0 Å². The van der Waals surface area contributed by atoms with Gasteiger partial charge < -0.3 is 4.74 Å². The predicted molar refractivity (Wildman–Crippen MR) is 80.4 cm³/mol. The molecule has 0 aliphatic heterocycles. The number of aromatic nitrogens is 1. The van der Waals surface area contributed by atoms with Gasteiger partial charge >= 0.3 is 0 Å². The number of hydrazine groups is 1. The number of hydrogen-bond donors (Lipinski definition) is 2. The fourth-order valence-corrected chi connectivity index (χ4v) is 2.25. The molecular weight excluding hydrogens is 269 g/mol. The first-order valence-corrected chi connectivity index (χ1v) is 6.82. The number of hydrogen-bond acceptors (Lipinski definition) is 4. The molecule has 1 unspecified atom stereocenters. The van der Waals surface area contributed by atoms with Gasteiger partial charge in [-0.2, -0.15) is 0 Å². The summed E-state index contributed by atoms with van der Waals surface area (Å²) in [5.74, 6) is 5.98. The lowest BCUT2D eigenvalue weighted by molar-refractivity contribution is 0.397. The highest BCUT2D eigenvalue weighted by molar-refractivity contribution is 5.28. The molecule has 2 rings (SSSR count). The number of rotatable bonds is 6. The summed E-state index contributed by atoms with van der Waals surface area (Å²) < 4.78 is 18.4. The molecule has 0 amide bonds. The van der Waals surface area contributed by atoms with Crippen molar-refractivity contribution in [2.45, 2.75) is 25.8 Å². The third kappa shape index (κ3) is 4.24. The van der Waals surface area contributed by atoms with Crippen molar-refractivity contribution in [1.29, 1.82) is 0 Å². The third-order valence-electron chi connectivity index (χ3n) is 3.50. The highest BCUT2D eigenvalue weighted by Crippen LogP contribution is 2.15. The molecule has 1 atom stereocenters. The molecule has 1 aromatic carbocycles. The van der Waals surface area contributed by atoms with Crippen molar-refractivity contribution in [2.24, 2.45) is 5.84 Å². The number of nitrogens with zero attached hydrogens (tertiary/aromatic N) is 1. The maximum Gasteiger partial charge on any atom is 0.212 e. The van der Waals surface area contributed by atoms with Crippen LogP contribution in [0, 0.1) is 12.7 Å². The average Bonchev–Trinajstić information content (AvgIpc) is 2.51. The number of ether oxygens (including phenoxy) is 1. The van der Waals surface area contributed by atoms with Gasteiger partial charge in [-0.25, -0.2) is 9.37 Å². The monoisotopic (exact) mass is 289 g/mol. The first kappa shape index (κ1) is 15.4. The lowest BCUT2D eigenvalue weighted by Crippen LogP contribution is -2.38. The standard InChI is InChI=1S/C16H20FN3O/c1-11-3-5-14(17)8-13(11)9-15(20-18)7-12-4-6-16(21-2)19-10-12/h3-6,8,10,15,20H,7,9,18H2,1-2H3. The van der Waals surface area contributed by atoms with Crippen LogP contribution in [0.5, 0.6) is 5.88 Å². The van der Waals surface area contributed by atoms with Gasteiger partial charge in [0, 0.05) is 18.3 Å². The molecular formula is C16H20FN3O. The molecule has 0 bridgehead atoms. The second-order valence-electron chi connectivity index (χ2n) is 5.05. The average molecular weight is 289 g/mol. The minimum Gasteiger partial charge on any atom is -0.481 e. The van der Waals surface area contributed by atoms with E-state index in [4.69, 9.17) is 10.6 Å². The highest BCUT2D eigenvalue weighted by Gasteiger charge is 2.11. The molecule has 0 spiro atoms. The quantitative estimate of drug-likeness (QED) is 0.632. The van der Waals surface area contributed by atoms with Crippen LogP contribution in [0.1, 0.15) is 16.7 Å². The smallest absolute Gasteiger partial charge is 0.212 e. The van der Waals surface area contributed by atoms with Crippen molar-refractivity contribution in [1.82, 2.24) is 10.4 Å². The van der Waals surface area contributed by atoms with Crippen molar-refractivity contribution in [3.63, 3.8) is 0 Å². The van der Waals surface area contributed by atoms with Gasteiger partial charge in [0.25, 0.3) is 0 Å². The van der Waals surface area contributed by atoms with E-state index >= 15 is 0 Å². The van der Waals surface area contributed by atoms with E-state index in [1.54, 1.807) is 25.4 Å². The fourth-order valence-electron chi connectivity index (χ4n) is 2.25. The second-order valence-corrected chi connectivity index (χ2v) is 5.05. The summed E-state index contributed by atoms with van der Waals surface area (Å²) in [4.78, 5) is 4.17. The van der Waals surface area contributed by atoms with Crippen molar-refractivity contribution >= 4 is 0 Å². The Morgan fingerprint density at radius 3 is 2.71 bits per heavy atom. The summed E-state index contributed by atoms with van der Waals surface area (Å²) in [6, 6.07) is 8.60. The van der Waals surface area contributed by atoms with Gasteiger partial charge in [-0.05, 0) is 48.6 Å². The molecule has 0 saturated carbocycles. The molecule has 21 heavy (non-hydrogen) atoms. The zero-order chi connectivity index (χ0) is 15.2. The summed E-state index contributed by atoms with van der Waals surface area (Å²) >= 11 is 0. The lowest BCUT2D eigenvalue weighted by Gasteiger charge is -2.17. The molecule has 1 heterocycles. The molecule has 4 nitrogen and oxygen atoms in total. The Balaban J connectivity index is 2.07. The second kappa shape index (κ2) is 7.15. The molecule has 0 fully saturated rings. The first-order chi connectivity index (χ1) is 10.1. The molecule has 0 saturated heterocycles. The Kier molecular flexibility index (Phi) is 5.25. The molecule has 0 aliphatic carbocycles. The van der Waals surface area contributed by atoms with Crippen LogP contribution < -0.4 is 16.0 Å². The zero-order valence-corrected chi connectivity index (χ0v) is 12.3. The van der Waals surface area contributed by atoms with E-state index in [0.29, 0.717) is 18.7 Å². The van der Waals surface area contributed by atoms with Crippen LogP contribution in [0.3, 0.4) is 0 Å². The summed E-state index contributed by atoms with van der Waals surface area (Å²) in [5, 5.41) is 0. The molecule has 0 aliphatic rings. The van der Waals surface area contributed by atoms with Crippen LogP contribution in [0.4, 0.5) is 4.39 Å². The van der Waals surface area contributed by atoms with Crippen LogP contribution in [-0.4, -0.2) is 18.1 Å². The number of nitrogens with two attached hydrogens (primary N) is 1. The van der Waals surface area contributed by atoms with E-state index in [0.717, 1.165) is 16.7 Å². The topological polar surface area (TPSA) is 60.2 Å². The summed E-state index contributed by atoms with van der Waals surface area (Å²) in [5.41, 5.74) is 5.86. The van der Waals surface area contributed by atoms with Crippen LogP contribution in [0.25, 0.3) is 0 Å². The van der Waals surface area contributed by atoms with Gasteiger partial charge in [0.1, 0.15) is 5.82 Å². The Morgan fingerprint density at radius 2 is 2.10 bits per heavy atom. The Morgan fingerprint density at radius 1 is 1.29 bits per heavy atom. The number of pyridine rings is 1. The van der Waals surface area contributed by atoms with Gasteiger partial charge in [0.05, 0.1) is 7.11 Å². The van der Waals surface area contributed by atoms with Crippen LogP contribution in [-0.2, 0) is 12.8 Å². The van der Waals surface area contributed by atoms with E-state index in [-0.39, 0.29) is 11.9 Å². The fraction of sp³-hybridized carbons (Fsp3) is 0.312. The Hall–Kier alpha value is -1.98. The predicted octanol–water partition coefficient (Wildman–Crippen LogP) is 2.15. The summed E-state index contributed by atoms with van der Waals surface area (Å²) in [6.07, 6.45) is 3.14. The van der Waals surface area contributed by atoms with E-state index in [9.17, 15) is 4.39 Å². The van der Waals surface area contributed by atoms with E-state index < -0.39 is 0 Å². The van der Waals surface area contributed by atoms with Crippen LogP contribution >= 0.6 is 0 Å². The maximum atomic E-state index is 13.3. The number of aryl methyl sites for hydroxylation is 1. The molecule has 1 aromatic heterocycles. The van der Waals surface area contributed by atoms with Crippen molar-refractivity contribution in [3.05, 3.63) is 59.0 Å². The minimum atomic E-state index is -0.225. The number of halogens is 1. The van der Waals surface area contributed by atoms with E-state index in [2.05, 4.69) is 10.4 Å². The minimum absolute atomic E-state index is 0.0145. The molecule has 112 valence electrons. The van der Waals surface area contributed by atoms with Crippen molar-refractivity contribution in [2.75, 3.05) is 7.11 Å². The first-order valence-electron chi connectivity index (χ1n) is 6.82. The molecule has 5 heteroatoms. The van der Waals surface area contributed by atoms with Gasteiger partial charge in [0.15, 0.2) is 0 Å². The normalized spacial score (nSPS) is 12.2. The molecule has 3 N–H and O–H groups in total. The van der Waals surface area contributed by atoms with Gasteiger partial charge in [-0.1, -0.05) is 12.1 Å². The van der Waals surface area contributed by atoms with E-state index in [1.807, 2.05) is 19.1 Å². The lowest BCUT2D eigenvalue weighted by atomic mass is 9.97. The highest BCUT2D eigenvalue weighted by atomic mass is 19.1. The number of benzene rings is 1. The van der Waals surface area contributed by atoms with Crippen molar-refractivity contribution < 1.29 is 9.13 Å². The molecule has 0 radical (unpaired) electrons. The van der Waals surface area contributed by atoms with Gasteiger partial charge in [-0.15, -0.1) is 0 Å². The largest absolute Gasteiger partial charge is 0.481 e. The number of nitrogens with one attached hydrogen (secondary N) is 1. The van der Waals surface area contributed by atoms with Crippen molar-refractivity contribution in [3.8, 4) is 5.88 Å². The van der Waals surface area contributed by atoms with Gasteiger partial charge in [0.2, 0.25) is 5.88 Å².